The van der Waals surface area contributed by atoms with Crippen LogP contribution in [0.25, 0.3) is 0 Å². The lowest BCUT2D eigenvalue weighted by Gasteiger charge is -2.47. The molecule has 0 amide bonds. The molecule has 1 saturated heterocycles. The van der Waals surface area contributed by atoms with Crippen molar-refractivity contribution in [1.29, 1.82) is 0 Å². The third-order valence-electron chi connectivity index (χ3n) is 6.33. The van der Waals surface area contributed by atoms with Gasteiger partial charge in [-0.25, -0.2) is 0 Å². The molecule has 176 valence electrons. The predicted molar refractivity (Wildman–Crippen MR) is 136 cm³/mol. The molecule has 1 aromatic carbocycles. The van der Waals surface area contributed by atoms with Crippen molar-refractivity contribution in [2.45, 2.75) is 51.0 Å². The van der Waals surface area contributed by atoms with Crippen molar-refractivity contribution in [3.05, 3.63) is 23.8 Å². The first-order valence-electron chi connectivity index (χ1n) is 11.4. The summed E-state index contributed by atoms with van der Waals surface area (Å²) in [5.74, 6) is 1.58. The number of nitrogens with one attached hydrogen (secondary N) is 2. The van der Waals surface area contributed by atoms with Gasteiger partial charge in [-0.05, 0) is 37.8 Å². The first kappa shape index (κ1) is 26.0. The van der Waals surface area contributed by atoms with Gasteiger partial charge in [0.25, 0.3) is 0 Å². The van der Waals surface area contributed by atoms with Crippen LogP contribution in [0.1, 0.15) is 44.6 Å². The van der Waals surface area contributed by atoms with Crippen LogP contribution in [-0.4, -0.2) is 74.6 Å². The van der Waals surface area contributed by atoms with Crippen molar-refractivity contribution < 1.29 is 14.6 Å². The minimum absolute atomic E-state index is 0. The molecule has 0 spiro atoms. The van der Waals surface area contributed by atoms with Crippen LogP contribution in [0.4, 0.5) is 0 Å². The smallest absolute Gasteiger partial charge is 0.191 e. The quantitative estimate of drug-likeness (QED) is 0.264. The lowest BCUT2D eigenvalue weighted by Crippen LogP contribution is -2.56. The van der Waals surface area contributed by atoms with Gasteiger partial charge in [0.05, 0.1) is 26.9 Å². The third-order valence-corrected chi connectivity index (χ3v) is 6.33. The van der Waals surface area contributed by atoms with Gasteiger partial charge in [0.15, 0.2) is 17.5 Å². The largest absolute Gasteiger partial charge is 0.504 e. The molecule has 1 saturated carbocycles. The fraction of sp³-hybridized carbons (Fsp3) is 0.696. The predicted octanol–water partition coefficient (Wildman–Crippen LogP) is 3.15. The van der Waals surface area contributed by atoms with Crippen molar-refractivity contribution in [2.75, 3.05) is 53.0 Å². The molecular formula is C23H39IN4O3. The number of methoxy groups -OCH3 is 1. The molecule has 1 aromatic rings. The number of para-hydroxylation sites is 1. The topological polar surface area (TPSA) is 78.4 Å². The summed E-state index contributed by atoms with van der Waals surface area (Å²) in [6.45, 7) is 8.08. The average Bonchev–Trinajstić information content (AvgIpc) is 2.80. The maximum absolute atomic E-state index is 10.3. The summed E-state index contributed by atoms with van der Waals surface area (Å²) in [6.07, 6.45) is 7.03. The van der Waals surface area contributed by atoms with Crippen LogP contribution in [0.2, 0.25) is 0 Å². The van der Waals surface area contributed by atoms with E-state index in [2.05, 4.69) is 22.5 Å². The van der Waals surface area contributed by atoms with Crippen molar-refractivity contribution in [1.82, 2.24) is 15.5 Å². The standard InChI is InChI=1S/C23H38N4O3.HI/c1-3-24-22(25-13-10-19-8-7-9-20(29-2)21(19)28)26-18-23(11-5-4-6-12-23)27-14-16-30-17-15-27;/h7-9,28H,3-6,10-18H2,1-2H3,(H2,24,25,26);1H. The van der Waals surface area contributed by atoms with Crippen LogP contribution in [0.15, 0.2) is 23.2 Å². The average molecular weight is 546 g/mol. The van der Waals surface area contributed by atoms with Crippen molar-refractivity contribution in [3.63, 3.8) is 0 Å². The number of hydrogen-bond donors (Lipinski definition) is 3. The number of guanidine groups is 1. The second kappa shape index (κ2) is 13.3. The van der Waals surface area contributed by atoms with Crippen LogP contribution < -0.4 is 15.4 Å². The van der Waals surface area contributed by atoms with Gasteiger partial charge in [-0.1, -0.05) is 31.4 Å². The van der Waals surface area contributed by atoms with Crippen LogP contribution in [-0.2, 0) is 11.2 Å². The summed E-state index contributed by atoms with van der Waals surface area (Å²) in [7, 11) is 1.57. The minimum atomic E-state index is 0. The van der Waals surface area contributed by atoms with E-state index in [-0.39, 0.29) is 35.3 Å². The van der Waals surface area contributed by atoms with E-state index < -0.39 is 0 Å². The summed E-state index contributed by atoms with van der Waals surface area (Å²) in [5.41, 5.74) is 1.03. The zero-order valence-electron chi connectivity index (χ0n) is 19.0. The lowest BCUT2D eigenvalue weighted by atomic mass is 9.80. The first-order valence-corrected chi connectivity index (χ1v) is 11.4. The number of aliphatic imine (C=N–C) groups is 1. The summed E-state index contributed by atoms with van der Waals surface area (Å²) >= 11 is 0. The van der Waals surface area contributed by atoms with Crippen LogP contribution in [0, 0.1) is 0 Å². The summed E-state index contributed by atoms with van der Waals surface area (Å²) < 4.78 is 10.8. The number of phenolic OH excluding ortho intramolecular Hbond substituents is 1. The second-order valence-corrected chi connectivity index (χ2v) is 8.22. The highest BCUT2D eigenvalue weighted by atomic mass is 127. The van der Waals surface area contributed by atoms with Gasteiger partial charge >= 0.3 is 0 Å². The number of benzene rings is 1. The Bertz CT molecular complexity index is 689. The van der Waals surface area contributed by atoms with Gasteiger partial charge in [0.1, 0.15) is 0 Å². The molecule has 0 atom stereocenters. The van der Waals surface area contributed by atoms with E-state index >= 15 is 0 Å². The van der Waals surface area contributed by atoms with E-state index in [0.717, 1.165) is 50.9 Å². The number of morpholine rings is 1. The highest BCUT2D eigenvalue weighted by Crippen LogP contribution is 2.34. The van der Waals surface area contributed by atoms with Crippen LogP contribution >= 0.6 is 24.0 Å². The van der Waals surface area contributed by atoms with E-state index in [1.54, 1.807) is 13.2 Å². The summed E-state index contributed by atoms with van der Waals surface area (Å²) in [4.78, 5) is 7.62. The Morgan fingerprint density at radius 2 is 1.94 bits per heavy atom. The van der Waals surface area contributed by atoms with Crippen molar-refractivity contribution in [3.8, 4) is 11.5 Å². The Balaban J connectivity index is 0.00000341. The van der Waals surface area contributed by atoms with E-state index in [4.69, 9.17) is 14.5 Å². The van der Waals surface area contributed by atoms with Gasteiger partial charge in [-0.2, -0.15) is 0 Å². The van der Waals surface area contributed by atoms with Gasteiger partial charge in [0, 0.05) is 31.7 Å². The van der Waals surface area contributed by atoms with Gasteiger partial charge in [-0.3, -0.25) is 9.89 Å². The molecule has 1 aliphatic heterocycles. The van der Waals surface area contributed by atoms with E-state index in [1.165, 1.54) is 32.1 Å². The Labute approximate surface area is 204 Å². The molecule has 3 N–H and O–H groups in total. The summed E-state index contributed by atoms with van der Waals surface area (Å²) in [6, 6.07) is 5.61. The molecule has 1 heterocycles. The number of halogens is 1. The molecule has 0 aromatic heterocycles. The molecule has 1 aliphatic carbocycles. The number of rotatable bonds is 8. The molecular weight excluding hydrogens is 507 g/mol. The monoisotopic (exact) mass is 546 g/mol. The van der Waals surface area contributed by atoms with E-state index in [9.17, 15) is 5.11 Å². The molecule has 2 fully saturated rings. The molecule has 0 unspecified atom stereocenters. The Kier molecular flexibility index (Phi) is 11.2. The zero-order chi connectivity index (χ0) is 21.2. The SMILES string of the molecule is CCNC(=NCC1(N2CCOCC2)CCCCC1)NCCc1cccc(OC)c1O.I. The molecule has 7 nitrogen and oxygen atoms in total. The second-order valence-electron chi connectivity index (χ2n) is 8.22. The summed E-state index contributed by atoms with van der Waals surface area (Å²) in [5, 5.41) is 17.1. The number of aromatic hydroxyl groups is 1. The van der Waals surface area contributed by atoms with Gasteiger partial charge < -0.3 is 25.2 Å². The van der Waals surface area contributed by atoms with Gasteiger partial charge in [0.2, 0.25) is 0 Å². The Morgan fingerprint density at radius 1 is 1.19 bits per heavy atom. The maximum Gasteiger partial charge on any atom is 0.191 e. The Morgan fingerprint density at radius 3 is 2.61 bits per heavy atom. The van der Waals surface area contributed by atoms with Crippen molar-refractivity contribution >= 4 is 29.9 Å². The first-order chi connectivity index (χ1) is 14.7. The molecule has 0 radical (unpaired) electrons. The molecule has 31 heavy (non-hydrogen) atoms. The normalized spacial score (nSPS) is 19.4. The highest BCUT2D eigenvalue weighted by molar-refractivity contribution is 14.0. The van der Waals surface area contributed by atoms with Crippen LogP contribution in [0.3, 0.4) is 0 Å². The molecule has 2 aliphatic rings. The van der Waals surface area contributed by atoms with Gasteiger partial charge in [-0.15, -0.1) is 24.0 Å². The number of hydrogen-bond acceptors (Lipinski definition) is 5. The van der Waals surface area contributed by atoms with E-state index in [1.807, 2.05) is 12.1 Å². The number of nitrogens with zero attached hydrogens (tertiary/aromatic N) is 2. The molecule has 3 rings (SSSR count). The van der Waals surface area contributed by atoms with Crippen molar-refractivity contribution in [2.24, 2.45) is 4.99 Å². The maximum atomic E-state index is 10.3. The number of ether oxygens (including phenoxy) is 2. The Hall–Kier alpha value is -1.26. The fourth-order valence-electron chi connectivity index (χ4n) is 4.64. The molecule has 8 heteroatoms. The lowest BCUT2D eigenvalue weighted by molar-refractivity contribution is -0.0333. The third kappa shape index (κ3) is 7.12. The van der Waals surface area contributed by atoms with E-state index in [0.29, 0.717) is 18.7 Å². The highest BCUT2D eigenvalue weighted by Gasteiger charge is 2.38. The number of phenols is 1. The molecule has 0 bridgehead atoms. The fourth-order valence-corrected chi connectivity index (χ4v) is 4.64. The van der Waals surface area contributed by atoms with Crippen LogP contribution in [0.5, 0.6) is 11.5 Å². The minimum Gasteiger partial charge on any atom is -0.504 e. The zero-order valence-corrected chi connectivity index (χ0v) is 21.3.